The summed E-state index contributed by atoms with van der Waals surface area (Å²) < 4.78 is 43.0. The predicted molar refractivity (Wildman–Crippen MR) is 131 cm³/mol. The molecule has 0 aliphatic carbocycles. The van der Waals surface area contributed by atoms with Gasteiger partial charge in [-0.15, -0.1) is 0 Å². The molecule has 10 heteroatoms. The first-order valence-electron chi connectivity index (χ1n) is 12.1. The second-order valence-electron chi connectivity index (χ2n) is 9.56. The number of alkyl halides is 3. The summed E-state index contributed by atoms with van der Waals surface area (Å²) in [7, 11) is 0. The molecule has 36 heavy (non-hydrogen) atoms. The molecule has 1 fully saturated rings. The molecule has 190 valence electrons. The first-order valence-corrected chi connectivity index (χ1v) is 12.4. The molecule has 0 unspecified atom stereocenters. The van der Waals surface area contributed by atoms with Gasteiger partial charge < -0.3 is 15.1 Å². The summed E-state index contributed by atoms with van der Waals surface area (Å²) in [4.78, 5) is 16.3. The number of hydrogen-bond donors (Lipinski definition) is 2. The first-order chi connectivity index (χ1) is 17.2. The number of anilines is 1. The SMILES string of the molecule is Cc1ccc([C@@H]2C[C@H](C(F)(F)F)n3nc(C(=O)N4CC[NH+](Cc5ccccc5)CC4)c(Cl)c3N2)cc1. The van der Waals surface area contributed by atoms with Crippen LogP contribution in [0.1, 0.15) is 45.7 Å². The van der Waals surface area contributed by atoms with Crippen molar-refractivity contribution >= 4 is 23.3 Å². The van der Waals surface area contributed by atoms with E-state index in [1.807, 2.05) is 49.4 Å². The highest BCUT2D eigenvalue weighted by Crippen LogP contribution is 2.46. The number of quaternary nitrogens is 1. The van der Waals surface area contributed by atoms with Crippen molar-refractivity contribution in [1.82, 2.24) is 14.7 Å². The Morgan fingerprint density at radius 2 is 1.78 bits per heavy atom. The Morgan fingerprint density at radius 3 is 2.42 bits per heavy atom. The monoisotopic (exact) mass is 518 g/mol. The van der Waals surface area contributed by atoms with Crippen LogP contribution in [0.5, 0.6) is 0 Å². The minimum absolute atomic E-state index is 0.0347. The topological polar surface area (TPSA) is 54.6 Å². The quantitative estimate of drug-likeness (QED) is 0.548. The number of carbonyl (C=O) groups excluding carboxylic acids is 1. The summed E-state index contributed by atoms with van der Waals surface area (Å²) in [5.74, 6) is -0.400. The average Bonchev–Trinajstić information content (AvgIpc) is 3.20. The van der Waals surface area contributed by atoms with E-state index >= 15 is 0 Å². The maximum atomic E-state index is 14.1. The highest BCUT2D eigenvalue weighted by molar-refractivity contribution is 6.36. The van der Waals surface area contributed by atoms with Crippen LogP contribution >= 0.6 is 11.6 Å². The lowest BCUT2D eigenvalue weighted by molar-refractivity contribution is -0.917. The van der Waals surface area contributed by atoms with Gasteiger partial charge >= 0.3 is 6.18 Å². The lowest BCUT2D eigenvalue weighted by atomic mass is 9.96. The van der Waals surface area contributed by atoms with E-state index in [9.17, 15) is 18.0 Å². The Balaban J connectivity index is 1.35. The number of nitrogens with one attached hydrogen (secondary N) is 2. The van der Waals surface area contributed by atoms with Crippen LogP contribution in [0.2, 0.25) is 5.02 Å². The molecule has 1 aromatic heterocycles. The molecule has 1 saturated heterocycles. The highest BCUT2D eigenvalue weighted by Gasteiger charge is 2.48. The minimum atomic E-state index is -4.54. The zero-order valence-electron chi connectivity index (χ0n) is 19.9. The third kappa shape index (κ3) is 4.95. The van der Waals surface area contributed by atoms with Crippen LogP contribution in [0.25, 0.3) is 0 Å². The number of benzene rings is 2. The van der Waals surface area contributed by atoms with Gasteiger partial charge in [-0.05, 0) is 12.5 Å². The van der Waals surface area contributed by atoms with Crippen LogP contribution < -0.4 is 10.2 Å². The molecule has 0 bridgehead atoms. The molecule has 2 aliphatic rings. The molecule has 5 rings (SSSR count). The van der Waals surface area contributed by atoms with Gasteiger partial charge in [-0.2, -0.15) is 18.3 Å². The number of rotatable bonds is 4. The smallest absolute Gasteiger partial charge is 0.362 e. The van der Waals surface area contributed by atoms with Gasteiger partial charge in [-0.3, -0.25) is 4.79 Å². The number of nitrogens with zero attached hydrogens (tertiary/aromatic N) is 3. The summed E-state index contributed by atoms with van der Waals surface area (Å²) in [6.07, 6.45) is -4.78. The fourth-order valence-electron chi connectivity index (χ4n) is 4.98. The standard InChI is InChI=1S/C26H27ClF3N5O/c1-17-7-9-19(10-8-17)20-15-21(26(28,29)30)35-24(31-20)22(27)23(32-35)25(36)34-13-11-33(12-14-34)16-18-5-3-2-4-6-18/h2-10,20-21,31H,11-16H2,1H3/p+1/t20-,21+/m0/s1. The van der Waals surface area contributed by atoms with Gasteiger partial charge in [-0.25, -0.2) is 4.68 Å². The minimum Gasteiger partial charge on any atom is -0.362 e. The normalized spacial score (nSPS) is 20.6. The number of amides is 1. The van der Waals surface area contributed by atoms with Crippen LogP contribution in [0, 0.1) is 6.92 Å². The van der Waals surface area contributed by atoms with Crippen molar-refractivity contribution in [3.05, 3.63) is 82.0 Å². The lowest BCUT2D eigenvalue weighted by Crippen LogP contribution is -3.13. The van der Waals surface area contributed by atoms with Crippen molar-refractivity contribution < 1.29 is 22.9 Å². The van der Waals surface area contributed by atoms with Crippen LogP contribution in [0.15, 0.2) is 54.6 Å². The van der Waals surface area contributed by atoms with Gasteiger partial charge in [-0.1, -0.05) is 71.8 Å². The van der Waals surface area contributed by atoms with Crippen LogP contribution in [0.3, 0.4) is 0 Å². The van der Waals surface area contributed by atoms with Gasteiger partial charge in [0.15, 0.2) is 11.7 Å². The summed E-state index contributed by atoms with van der Waals surface area (Å²) in [6.45, 7) is 5.24. The summed E-state index contributed by atoms with van der Waals surface area (Å²) in [5.41, 5.74) is 2.83. The van der Waals surface area contributed by atoms with Gasteiger partial charge in [0.2, 0.25) is 0 Å². The van der Waals surface area contributed by atoms with E-state index < -0.39 is 24.2 Å². The Kier molecular flexibility index (Phi) is 6.70. The number of aryl methyl sites for hydroxylation is 1. The molecular formula is C26H28ClF3N5O+. The largest absolute Gasteiger partial charge is 0.410 e. The molecule has 0 spiro atoms. The van der Waals surface area contributed by atoms with Crippen molar-refractivity contribution in [2.75, 3.05) is 31.5 Å². The molecule has 6 nitrogen and oxygen atoms in total. The molecule has 0 saturated carbocycles. The highest BCUT2D eigenvalue weighted by atomic mass is 35.5. The third-order valence-corrected chi connectivity index (χ3v) is 7.39. The van der Waals surface area contributed by atoms with Crippen LogP contribution in [-0.2, 0) is 6.54 Å². The van der Waals surface area contributed by atoms with Crippen molar-refractivity contribution in [2.45, 2.75) is 38.1 Å². The third-order valence-electron chi connectivity index (χ3n) is 7.03. The van der Waals surface area contributed by atoms with E-state index in [0.717, 1.165) is 35.4 Å². The van der Waals surface area contributed by atoms with Gasteiger partial charge in [0.25, 0.3) is 5.91 Å². The number of aromatic nitrogens is 2. The molecule has 2 atom stereocenters. The first kappa shape index (κ1) is 24.6. The molecular weight excluding hydrogens is 491 g/mol. The van der Waals surface area contributed by atoms with Crippen molar-refractivity contribution in [1.29, 1.82) is 0 Å². The maximum absolute atomic E-state index is 14.1. The van der Waals surface area contributed by atoms with E-state index in [4.69, 9.17) is 11.6 Å². The van der Waals surface area contributed by atoms with Crippen molar-refractivity contribution in [3.63, 3.8) is 0 Å². The fourth-order valence-corrected chi connectivity index (χ4v) is 5.24. The number of piperazine rings is 1. The van der Waals surface area contributed by atoms with E-state index in [2.05, 4.69) is 22.5 Å². The van der Waals surface area contributed by atoms with Crippen molar-refractivity contribution in [2.24, 2.45) is 0 Å². The van der Waals surface area contributed by atoms with E-state index in [1.165, 1.54) is 10.5 Å². The van der Waals surface area contributed by atoms with Gasteiger partial charge in [0.05, 0.1) is 32.2 Å². The molecule has 3 heterocycles. The molecule has 2 aliphatic heterocycles. The second kappa shape index (κ2) is 9.78. The van der Waals surface area contributed by atoms with E-state index in [1.54, 1.807) is 4.90 Å². The number of hydrogen-bond acceptors (Lipinski definition) is 3. The number of fused-ring (bicyclic) bond motifs is 1. The van der Waals surface area contributed by atoms with E-state index in [0.29, 0.717) is 13.1 Å². The van der Waals surface area contributed by atoms with Crippen LogP contribution in [-0.4, -0.2) is 52.9 Å². The lowest BCUT2D eigenvalue weighted by Gasteiger charge is -2.33. The Bertz CT molecular complexity index is 1220. The number of carbonyl (C=O) groups is 1. The van der Waals surface area contributed by atoms with Crippen LogP contribution in [0.4, 0.5) is 19.0 Å². The van der Waals surface area contributed by atoms with Gasteiger partial charge in [0, 0.05) is 12.0 Å². The summed E-state index contributed by atoms with van der Waals surface area (Å²) in [5, 5.41) is 7.15. The molecule has 2 aromatic carbocycles. The molecule has 3 aromatic rings. The zero-order valence-corrected chi connectivity index (χ0v) is 20.6. The predicted octanol–water partition coefficient (Wildman–Crippen LogP) is 4.05. The summed E-state index contributed by atoms with van der Waals surface area (Å²) in [6, 6.07) is 15.0. The second-order valence-corrected chi connectivity index (χ2v) is 9.94. The van der Waals surface area contributed by atoms with Crippen molar-refractivity contribution in [3.8, 4) is 0 Å². The van der Waals surface area contributed by atoms with E-state index in [-0.39, 0.29) is 23.0 Å². The van der Waals surface area contributed by atoms with Gasteiger partial charge in [0.1, 0.15) is 17.4 Å². The fraction of sp³-hybridized carbons (Fsp3) is 0.385. The Hall–Kier alpha value is -3.04. The zero-order chi connectivity index (χ0) is 25.4. The summed E-state index contributed by atoms with van der Waals surface area (Å²) >= 11 is 6.52. The number of halogens is 4. The molecule has 0 radical (unpaired) electrons. The molecule has 1 amide bonds. The molecule has 2 N–H and O–H groups in total. The Morgan fingerprint density at radius 1 is 1.11 bits per heavy atom. The average molecular weight is 519 g/mol. The Labute approximate surface area is 212 Å². The maximum Gasteiger partial charge on any atom is 0.410 e.